The van der Waals surface area contributed by atoms with Gasteiger partial charge in [-0.25, -0.2) is 4.39 Å². The normalized spacial score (nSPS) is 13.6. The Balaban J connectivity index is 1.76. The van der Waals surface area contributed by atoms with Gasteiger partial charge in [-0.3, -0.25) is 4.98 Å². The summed E-state index contributed by atoms with van der Waals surface area (Å²) in [5.74, 6) is -0.239. The molecule has 1 aliphatic heterocycles. The van der Waals surface area contributed by atoms with Crippen molar-refractivity contribution in [1.29, 1.82) is 0 Å². The SMILES string of the molecule is Fc1cccc(-c2ccc(CN3C=CNC3)cn2)c1. The molecule has 0 radical (unpaired) electrons. The molecule has 3 rings (SSSR count). The highest BCUT2D eigenvalue weighted by Gasteiger charge is 2.05. The van der Waals surface area contributed by atoms with Crippen LogP contribution in [-0.2, 0) is 6.54 Å². The molecule has 1 aromatic heterocycles. The van der Waals surface area contributed by atoms with E-state index in [0.717, 1.165) is 30.0 Å². The van der Waals surface area contributed by atoms with Crippen LogP contribution in [0.2, 0.25) is 0 Å². The van der Waals surface area contributed by atoms with E-state index in [-0.39, 0.29) is 5.82 Å². The van der Waals surface area contributed by atoms with Crippen LogP contribution in [0.5, 0.6) is 0 Å². The molecule has 2 aromatic rings. The van der Waals surface area contributed by atoms with Crippen molar-refractivity contribution >= 4 is 0 Å². The third kappa shape index (κ3) is 2.73. The monoisotopic (exact) mass is 255 g/mol. The molecule has 19 heavy (non-hydrogen) atoms. The van der Waals surface area contributed by atoms with Gasteiger partial charge in [-0.05, 0) is 23.8 Å². The van der Waals surface area contributed by atoms with E-state index >= 15 is 0 Å². The van der Waals surface area contributed by atoms with Crippen molar-refractivity contribution in [2.75, 3.05) is 6.67 Å². The van der Waals surface area contributed by atoms with Gasteiger partial charge in [-0.15, -0.1) is 0 Å². The summed E-state index contributed by atoms with van der Waals surface area (Å²) < 4.78 is 13.2. The maximum absolute atomic E-state index is 13.2. The zero-order valence-corrected chi connectivity index (χ0v) is 10.4. The first-order chi connectivity index (χ1) is 9.31. The highest BCUT2D eigenvalue weighted by atomic mass is 19.1. The second-order valence-electron chi connectivity index (χ2n) is 4.49. The molecule has 1 aromatic carbocycles. The number of nitrogens with zero attached hydrogens (tertiary/aromatic N) is 2. The van der Waals surface area contributed by atoms with E-state index in [1.165, 1.54) is 12.1 Å². The van der Waals surface area contributed by atoms with Gasteiger partial charge < -0.3 is 10.2 Å². The van der Waals surface area contributed by atoms with E-state index in [0.29, 0.717) is 0 Å². The molecule has 0 fully saturated rings. The fourth-order valence-corrected chi connectivity index (χ4v) is 2.06. The lowest BCUT2D eigenvalue weighted by Crippen LogP contribution is -2.19. The van der Waals surface area contributed by atoms with Gasteiger partial charge in [0.25, 0.3) is 0 Å². The number of benzene rings is 1. The maximum atomic E-state index is 13.2. The molecule has 0 aliphatic carbocycles. The zero-order chi connectivity index (χ0) is 13.1. The van der Waals surface area contributed by atoms with Crippen LogP contribution in [0.25, 0.3) is 11.3 Å². The molecule has 0 amide bonds. The fourth-order valence-electron chi connectivity index (χ4n) is 2.06. The Bertz CT molecular complexity index is 593. The molecular formula is C15H14FN3. The Morgan fingerprint density at radius 2 is 2.21 bits per heavy atom. The van der Waals surface area contributed by atoms with E-state index in [2.05, 4.69) is 15.2 Å². The average molecular weight is 255 g/mol. The van der Waals surface area contributed by atoms with Crippen LogP contribution in [0.3, 0.4) is 0 Å². The molecule has 0 saturated carbocycles. The number of halogens is 1. The Kier molecular flexibility index (Phi) is 3.14. The van der Waals surface area contributed by atoms with Gasteiger partial charge in [-0.1, -0.05) is 18.2 Å². The quantitative estimate of drug-likeness (QED) is 0.914. The summed E-state index contributed by atoms with van der Waals surface area (Å²) in [4.78, 5) is 6.55. The lowest BCUT2D eigenvalue weighted by atomic mass is 10.1. The van der Waals surface area contributed by atoms with Crippen LogP contribution in [0, 0.1) is 5.82 Å². The zero-order valence-electron chi connectivity index (χ0n) is 10.4. The first kappa shape index (κ1) is 11.7. The van der Waals surface area contributed by atoms with Gasteiger partial charge >= 0.3 is 0 Å². The molecule has 1 N–H and O–H groups in total. The third-order valence-corrected chi connectivity index (χ3v) is 3.03. The largest absolute Gasteiger partial charge is 0.373 e. The minimum Gasteiger partial charge on any atom is -0.373 e. The molecule has 0 saturated heterocycles. The van der Waals surface area contributed by atoms with Gasteiger partial charge in [0.15, 0.2) is 0 Å². The van der Waals surface area contributed by atoms with E-state index in [1.807, 2.05) is 36.8 Å². The summed E-state index contributed by atoms with van der Waals surface area (Å²) in [6, 6.07) is 10.4. The number of nitrogens with one attached hydrogen (secondary N) is 1. The average Bonchev–Trinajstić information content (AvgIpc) is 2.92. The van der Waals surface area contributed by atoms with Crippen molar-refractivity contribution in [3.63, 3.8) is 0 Å². The van der Waals surface area contributed by atoms with Crippen molar-refractivity contribution in [3.05, 3.63) is 66.4 Å². The summed E-state index contributed by atoms with van der Waals surface area (Å²) in [5.41, 5.74) is 2.72. The highest BCUT2D eigenvalue weighted by molar-refractivity contribution is 5.58. The van der Waals surface area contributed by atoms with Crippen LogP contribution < -0.4 is 5.32 Å². The van der Waals surface area contributed by atoms with Crippen molar-refractivity contribution < 1.29 is 4.39 Å². The Labute approximate surface area is 111 Å². The molecule has 3 nitrogen and oxygen atoms in total. The van der Waals surface area contributed by atoms with E-state index in [1.54, 1.807) is 6.07 Å². The molecule has 2 heterocycles. The summed E-state index contributed by atoms with van der Waals surface area (Å²) in [6.45, 7) is 1.64. The minimum absolute atomic E-state index is 0.239. The predicted molar refractivity (Wildman–Crippen MR) is 72.3 cm³/mol. The number of aromatic nitrogens is 1. The third-order valence-electron chi connectivity index (χ3n) is 3.03. The Morgan fingerprint density at radius 1 is 1.26 bits per heavy atom. The molecule has 4 heteroatoms. The second kappa shape index (κ2) is 5.10. The summed E-state index contributed by atoms with van der Waals surface area (Å²) in [7, 11) is 0. The molecule has 96 valence electrons. The van der Waals surface area contributed by atoms with Gasteiger partial charge in [0.2, 0.25) is 0 Å². The van der Waals surface area contributed by atoms with Crippen LogP contribution in [-0.4, -0.2) is 16.6 Å². The molecule has 0 unspecified atom stereocenters. The van der Waals surface area contributed by atoms with Crippen LogP contribution >= 0.6 is 0 Å². The fraction of sp³-hybridized carbons (Fsp3) is 0.133. The van der Waals surface area contributed by atoms with Crippen LogP contribution in [0.1, 0.15) is 5.56 Å². The first-order valence-corrected chi connectivity index (χ1v) is 6.16. The van der Waals surface area contributed by atoms with Gasteiger partial charge in [-0.2, -0.15) is 0 Å². The van der Waals surface area contributed by atoms with Crippen LogP contribution in [0.15, 0.2) is 55.0 Å². The minimum atomic E-state index is -0.239. The summed E-state index contributed by atoms with van der Waals surface area (Å²) >= 11 is 0. The van der Waals surface area contributed by atoms with Gasteiger partial charge in [0.1, 0.15) is 5.82 Å². The molecule has 0 spiro atoms. The topological polar surface area (TPSA) is 28.2 Å². The maximum Gasteiger partial charge on any atom is 0.123 e. The highest BCUT2D eigenvalue weighted by Crippen LogP contribution is 2.18. The van der Waals surface area contributed by atoms with Crippen molar-refractivity contribution in [2.45, 2.75) is 6.54 Å². The van der Waals surface area contributed by atoms with E-state index in [4.69, 9.17) is 0 Å². The second-order valence-corrected chi connectivity index (χ2v) is 4.49. The molecule has 0 atom stereocenters. The molecule has 0 bridgehead atoms. The van der Waals surface area contributed by atoms with Gasteiger partial charge in [0, 0.05) is 30.7 Å². The standard InChI is InChI=1S/C15H14FN3/c16-14-3-1-2-13(8-14)15-5-4-12(9-18-15)10-19-7-6-17-11-19/h1-9,17H,10-11H2. The van der Waals surface area contributed by atoms with Crippen LogP contribution in [0.4, 0.5) is 4.39 Å². The summed E-state index contributed by atoms with van der Waals surface area (Å²) in [6.07, 6.45) is 5.78. The predicted octanol–water partition coefficient (Wildman–Crippen LogP) is 2.72. The lowest BCUT2D eigenvalue weighted by molar-refractivity contribution is 0.384. The summed E-state index contributed by atoms with van der Waals surface area (Å²) in [5, 5.41) is 3.12. The van der Waals surface area contributed by atoms with Crippen molar-refractivity contribution in [2.24, 2.45) is 0 Å². The number of hydrogen-bond donors (Lipinski definition) is 1. The smallest absolute Gasteiger partial charge is 0.123 e. The molecular weight excluding hydrogens is 241 g/mol. The van der Waals surface area contributed by atoms with E-state index < -0.39 is 0 Å². The lowest BCUT2D eigenvalue weighted by Gasteiger charge is -2.14. The number of pyridine rings is 1. The van der Waals surface area contributed by atoms with Gasteiger partial charge in [0.05, 0.1) is 12.4 Å². The van der Waals surface area contributed by atoms with Crippen molar-refractivity contribution in [1.82, 2.24) is 15.2 Å². The first-order valence-electron chi connectivity index (χ1n) is 6.16. The van der Waals surface area contributed by atoms with Crippen molar-refractivity contribution in [3.8, 4) is 11.3 Å². The Hall–Kier alpha value is -2.36. The number of hydrogen-bond acceptors (Lipinski definition) is 3. The van der Waals surface area contributed by atoms with E-state index in [9.17, 15) is 4.39 Å². The number of rotatable bonds is 3. The molecule has 1 aliphatic rings. The Morgan fingerprint density at radius 3 is 2.89 bits per heavy atom.